The Morgan fingerprint density at radius 3 is 2.65 bits per heavy atom. The number of nitrogens with two attached hydrogens (primary N) is 1. The van der Waals surface area contributed by atoms with Crippen LogP contribution in [0.1, 0.15) is 10.4 Å². The number of carbonyl (C=O) groups is 1. The third kappa shape index (κ3) is 2.79. The summed E-state index contributed by atoms with van der Waals surface area (Å²) in [6, 6.07) is 5.24. The van der Waals surface area contributed by atoms with Crippen LogP contribution in [-0.2, 0) is 0 Å². The minimum absolute atomic E-state index is 0.292. The molecule has 0 saturated carbocycles. The van der Waals surface area contributed by atoms with Crippen LogP contribution in [0, 0.1) is 0 Å². The highest BCUT2D eigenvalue weighted by atomic mass is 79.9. The van der Waals surface area contributed by atoms with E-state index < -0.39 is 0 Å². The zero-order valence-corrected chi connectivity index (χ0v) is 10.3. The van der Waals surface area contributed by atoms with Crippen LogP contribution in [-0.4, -0.2) is 15.9 Å². The highest BCUT2D eigenvalue weighted by Crippen LogP contribution is 2.23. The predicted octanol–water partition coefficient (Wildman–Crippen LogP) is 2.07. The van der Waals surface area contributed by atoms with Gasteiger partial charge in [0.15, 0.2) is 0 Å². The summed E-state index contributed by atoms with van der Waals surface area (Å²) in [6.07, 6.45) is 4.25. The molecule has 0 bridgehead atoms. The number of hydrogen-bond acceptors (Lipinski definition) is 4. The van der Waals surface area contributed by atoms with E-state index in [2.05, 4.69) is 31.2 Å². The summed E-state index contributed by atoms with van der Waals surface area (Å²) in [7, 11) is 0. The molecule has 0 radical (unpaired) electrons. The van der Waals surface area contributed by atoms with Gasteiger partial charge in [-0.15, -0.1) is 0 Å². The van der Waals surface area contributed by atoms with E-state index in [0.29, 0.717) is 16.9 Å². The van der Waals surface area contributed by atoms with Crippen LogP contribution in [0.2, 0.25) is 0 Å². The zero-order chi connectivity index (χ0) is 12.3. The molecule has 0 saturated heterocycles. The fourth-order valence-corrected chi connectivity index (χ4v) is 1.64. The second-order valence-electron chi connectivity index (χ2n) is 3.31. The molecule has 3 N–H and O–H groups in total. The molecule has 0 spiro atoms. The summed E-state index contributed by atoms with van der Waals surface area (Å²) in [5, 5.41) is 2.69. The molecule has 2 rings (SSSR count). The summed E-state index contributed by atoms with van der Waals surface area (Å²) in [6.45, 7) is 0. The number of nitrogens with zero attached hydrogens (tertiary/aromatic N) is 2. The van der Waals surface area contributed by atoms with Crippen molar-refractivity contribution < 1.29 is 4.79 Å². The summed E-state index contributed by atoms with van der Waals surface area (Å²) in [5.74, 6) is -0.292. The Bertz CT molecular complexity index is 544. The maximum atomic E-state index is 11.8. The third-order valence-corrected chi connectivity index (χ3v) is 2.58. The summed E-state index contributed by atoms with van der Waals surface area (Å²) >= 11 is 3.29. The Morgan fingerprint density at radius 1 is 1.29 bits per heavy atom. The molecule has 1 aromatic carbocycles. The number of anilines is 2. The molecule has 17 heavy (non-hydrogen) atoms. The summed E-state index contributed by atoms with van der Waals surface area (Å²) < 4.78 is 0.857. The average Bonchev–Trinajstić information content (AvgIpc) is 2.34. The Morgan fingerprint density at radius 2 is 2.00 bits per heavy atom. The van der Waals surface area contributed by atoms with Gasteiger partial charge < -0.3 is 11.1 Å². The van der Waals surface area contributed by atoms with E-state index in [1.165, 1.54) is 18.7 Å². The maximum Gasteiger partial charge on any atom is 0.258 e. The number of halogens is 1. The zero-order valence-electron chi connectivity index (χ0n) is 8.72. The molecule has 0 aliphatic carbocycles. The second kappa shape index (κ2) is 4.92. The first-order valence-electron chi connectivity index (χ1n) is 4.78. The molecule has 0 aliphatic heterocycles. The molecule has 0 atom stereocenters. The van der Waals surface area contributed by atoms with Crippen molar-refractivity contribution in [3.05, 3.63) is 47.0 Å². The van der Waals surface area contributed by atoms with Crippen molar-refractivity contribution in [2.24, 2.45) is 0 Å². The fraction of sp³-hybridized carbons (Fsp3) is 0. The number of benzene rings is 1. The molecule has 0 aliphatic rings. The van der Waals surface area contributed by atoms with Crippen LogP contribution in [0.25, 0.3) is 0 Å². The Labute approximate surface area is 106 Å². The molecule has 0 fully saturated rings. The number of amides is 1. The van der Waals surface area contributed by atoms with Gasteiger partial charge in [-0.05, 0) is 18.2 Å². The Hall–Kier alpha value is -1.95. The van der Waals surface area contributed by atoms with E-state index in [1.807, 2.05) is 0 Å². The summed E-state index contributed by atoms with van der Waals surface area (Å²) in [5.41, 5.74) is 7.20. The van der Waals surface area contributed by atoms with Crippen molar-refractivity contribution >= 4 is 33.2 Å². The number of hydrogen-bond donors (Lipinski definition) is 2. The van der Waals surface area contributed by atoms with Crippen LogP contribution >= 0.6 is 15.9 Å². The van der Waals surface area contributed by atoms with Crippen molar-refractivity contribution in [2.45, 2.75) is 0 Å². The van der Waals surface area contributed by atoms with Gasteiger partial charge in [0.2, 0.25) is 0 Å². The second-order valence-corrected chi connectivity index (χ2v) is 4.23. The monoisotopic (exact) mass is 292 g/mol. The number of nitrogens with one attached hydrogen (secondary N) is 1. The van der Waals surface area contributed by atoms with E-state index in [0.717, 1.165) is 4.47 Å². The fourth-order valence-electron chi connectivity index (χ4n) is 1.26. The van der Waals surface area contributed by atoms with Gasteiger partial charge in [-0.1, -0.05) is 15.9 Å². The molecule has 1 heterocycles. The van der Waals surface area contributed by atoms with Gasteiger partial charge >= 0.3 is 0 Å². The molecule has 6 heteroatoms. The number of aromatic nitrogens is 2. The largest absolute Gasteiger partial charge is 0.397 e. The first-order chi connectivity index (χ1) is 8.16. The predicted molar refractivity (Wildman–Crippen MR) is 68.5 cm³/mol. The van der Waals surface area contributed by atoms with Crippen molar-refractivity contribution in [3.63, 3.8) is 0 Å². The molecule has 2 aromatic rings. The standard InChI is InChI=1S/C11H9BrN4O/c12-8-1-2-10(9(13)3-8)16-11(17)7-4-14-6-15-5-7/h1-6H,13H2,(H,16,17). The van der Waals surface area contributed by atoms with E-state index in [-0.39, 0.29) is 5.91 Å². The lowest BCUT2D eigenvalue weighted by molar-refractivity contribution is 0.102. The van der Waals surface area contributed by atoms with Gasteiger partial charge in [-0.25, -0.2) is 9.97 Å². The molecule has 1 aromatic heterocycles. The van der Waals surface area contributed by atoms with Crippen molar-refractivity contribution in [2.75, 3.05) is 11.1 Å². The lowest BCUT2D eigenvalue weighted by atomic mass is 10.2. The van der Waals surface area contributed by atoms with Crippen LogP contribution < -0.4 is 11.1 Å². The van der Waals surface area contributed by atoms with Crippen LogP contribution in [0.3, 0.4) is 0 Å². The first-order valence-corrected chi connectivity index (χ1v) is 5.57. The van der Waals surface area contributed by atoms with Crippen molar-refractivity contribution in [3.8, 4) is 0 Å². The molecular formula is C11H9BrN4O. The number of nitrogen functional groups attached to an aromatic ring is 1. The van der Waals surface area contributed by atoms with Crippen LogP contribution in [0.15, 0.2) is 41.4 Å². The minimum atomic E-state index is -0.292. The number of rotatable bonds is 2. The maximum absolute atomic E-state index is 11.8. The molecular weight excluding hydrogens is 284 g/mol. The normalized spacial score (nSPS) is 9.94. The van der Waals surface area contributed by atoms with Gasteiger partial charge in [0.25, 0.3) is 5.91 Å². The van der Waals surface area contributed by atoms with Crippen LogP contribution in [0.5, 0.6) is 0 Å². The minimum Gasteiger partial charge on any atom is -0.397 e. The third-order valence-electron chi connectivity index (χ3n) is 2.08. The van der Waals surface area contributed by atoms with Gasteiger partial charge in [0.1, 0.15) is 6.33 Å². The SMILES string of the molecule is Nc1cc(Br)ccc1NC(=O)c1cncnc1. The van der Waals surface area contributed by atoms with Gasteiger partial charge in [0.05, 0.1) is 16.9 Å². The Kier molecular flexibility index (Phi) is 3.34. The molecule has 1 amide bonds. The van der Waals surface area contributed by atoms with E-state index >= 15 is 0 Å². The van der Waals surface area contributed by atoms with Gasteiger partial charge in [0, 0.05) is 16.9 Å². The highest BCUT2D eigenvalue weighted by Gasteiger charge is 2.08. The van der Waals surface area contributed by atoms with Crippen molar-refractivity contribution in [1.29, 1.82) is 0 Å². The molecule has 86 valence electrons. The van der Waals surface area contributed by atoms with E-state index in [4.69, 9.17) is 5.73 Å². The topological polar surface area (TPSA) is 80.9 Å². The lowest BCUT2D eigenvalue weighted by Gasteiger charge is -2.07. The van der Waals surface area contributed by atoms with Crippen molar-refractivity contribution in [1.82, 2.24) is 9.97 Å². The quantitative estimate of drug-likeness (QED) is 0.831. The summed E-state index contributed by atoms with van der Waals surface area (Å²) in [4.78, 5) is 19.3. The smallest absolute Gasteiger partial charge is 0.258 e. The molecule has 0 unspecified atom stereocenters. The number of carbonyl (C=O) groups excluding carboxylic acids is 1. The lowest BCUT2D eigenvalue weighted by Crippen LogP contribution is -2.13. The van der Waals surface area contributed by atoms with Crippen LogP contribution in [0.4, 0.5) is 11.4 Å². The van der Waals surface area contributed by atoms with Gasteiger partial charge in [-0.2, -0.15) is 0 Å². The molecule has 5 nitrogen and oxygen atoms in total. The highest BCUT2D eigenvalue weighted by molar-refractivity contribution is 9.10. The average molecular weight is 293 g/mol. The first kappa shape index (κ1) is 11.5. The van der Waals surface area contributed by atoms with E-state index in [9.17, 15) is 4.79 Å². The Balaban J connectivity index is 2.19. The van der Waals surface area contributed by atoms with Gasteiger partial charge in [-0.3, -0.25) is 4.79 Å². The van der Waals surface area contributed by atoms with E-state index in [1.54, 1.807) is 18.2 Å².